The quantitative estimate of drug-likeness (QED) is 0.378. The van der Waals surface area contributed by atoms with Crippen LogP contribution in [0.4, 0.5) is 10.2 Å². The van der Waals surface area contributed by atoms with Gasteiger partial charge in [-0.25, -0.2) is 30.2 Å². The van der Waals surface area contributed by atoms with E-state index in [4.69, 9.17) is 0 Å². The van der Waals surface area contributed by atoms with Crippen LogP contribution in [0.5, 0.6) is 0 Å². The summed E-state index contributed by atoms with van der Waals surface area (Å²) in [6.45, 7) is 0.452. The Morgan fingerprint density at radius 2 is 1.76 bits per heavy atom. The second-order valence-corrected chi connectivity index (χ2v) is 11.7. The van der Waals surface area contributed by atoms with Gasteiger partial charge in [-0.1, -0.05) is 18.2 Å². The molecule has 2 aromatic carbocycles. The lowest BCUT2D eigenvalue weighted by Crippen LogP contribution is -2.11. The van der Waals surface area contributed by atoms with E-state index >= 15 is 0 Å². The van der Waals surface area contributed by atoms with Crippen molar-refractivity contribution in [2.24, 2.45) is 0 Å². The predicted octanol–water partition coefficient (Wildman–Crippen LogP) is 3.93. The molecule has 0 aliphatic rings. The van der Waals surface area contributed by atoms with Gasteiger partial charge in [0.05, 0.1) is 16.2 Å². The number of fused-ring (bicyclic) bond motifs is 1. The van der Waals surface area contributed by atoms with Crippen LogP contribution >= 0.6 is 0 Å². The molecule has 0 saturated carbocycles. The summed E-state index contributed by atoms with van der Waals surface area (Å²) >= 11 is 0. The SMILES string of the molecule is CS(=O)(=O)CCCNc1ccc(-c2cn(S(=O)(=O)c3ccccc3)c3cc(F)ccc23)cn1. The van der Waals surface area contributed by atoms with Gasteiger partial charge < -0.3 is 5.32 Å². The van der Waals surface area contributed by atoms with Gasteiger partial charge in [-0.2, -0.15) is 0 Å². The van der Waals surface area contributed by atoms with Gasteiger partial charge in [-0.05, 0) is 48.9 Å². The average molecular weight is 488 g/mol. The second kappa shape index (κ2) is 8.95. The van der Waals surface area contributed by atoms with Crippen LogP contribution in [0.1, 0.15) is 6.42 Å². The Kier molecular flexibility index (Phi) is 6.22. The van der Waals surface area contributed by atoms with Crippen LogP contribution < -0.4 is 5.32 Å². The fraction of sp³-hybridized carbons (Fsp3) is 0.174. The highest BCUT2D eigenvalue weighted by Crippen LogP contribution is 2.33. The molecule has 0 spiro atoms. The summed E-state index contributed by atoms with van der Waals surface area (Å²) in [6.07, 6.45) is 4.72. The monoisotopic (exact) mass is 487 g/mol. The van der Waals surface area contributed by atoms with Crippen molar-refractivity contribution in [2.75, 3.05) is 23.9 Å². The van der Waals surface area contributed by atoms with Crippen LogP contribution in [-0.4, -0.2) is 44.3 Å². The summed E-state index contributed by atoms with van der Waals surface area (Å²) in [5, 5.41) is 3.64. The van der Waals surface area contributed by atoms with Gasteiger partial charge in [0, 0.05) is 41.7 Å². The van der Waals surface area contributed by atoms with E-state index in [1.54, 1.807) is 42.6 Å². The van der Waals surface area contributed by atoms with Crippen LogP contribution in [0, 0.1) is 5.82 Å². The first-order valence-electron chi connectivity index (χ1n) is 10.1. The van der Waals surface area contributed by atoms with Crippen LogP contribution in [-0.2, 0) is 19.9 Å². The zero-order chi connectivity index (χ0) is 23.6. The number of pyridine rings is 1. The van der Waals surface area contributed by atoms with E-state index in [0.29, 0.717) is 35.3 Å². The number of rotatable bonds is 8. The molecule has 4 aromatic rings. The minimum atomic E-state index is -3.94. The number of anilines is 1. The fourth-order valence-corrected chi connectivity index (χ4v) is 5.57. The molecule has 2 aromatic heterocycles. The maximum absolute atomic E-state index is 14.0. The smallest absolute Gasteiger partial charge is 0.268 e. The molecule has 172 valence electrons. The third kappa shape index (κ3) is 5.07. The number of hydrogen-bond donors (Lipinski definition) is 1. The second-order valence-electron chi connectivity index (χ2n) is 7.66. The zero-order valence-electron chi connectivity index (χ0n) is 17.8. The third-order valence-corrected chi connectivity index (χ3v) is 7.82. The van der Waals surface area contributed by atoms with E-state index in [9.17, 15) is 21.2 Å². The van der Waals surface area contributed by atoms with Crippen LogP contribution in [0.3, 0.4) is 0 Å². The van der Waals surface area contributed by atoms with Gasteiger partial charge in [0.25, 0.3) is 10.0 Å². The molecule has 0 aliphatic carbocycles. The maximum Gasteiger partial charge on any atom is 0.268 e. The van der Waals surface area contributed by atoms with Crippen molar-refractivity contribution in [1.29, 1.82) is 0 Å². The summed E-state index contributed by atoms with van der Waals surface area (Å²) in [4.78, 5) is 4.45. The summed E-state index contributed by atoms with van der Waals surface area (Å²) in [5.41, 5.74) is 1.49. The summed E-state index contributed by atoms with van der Waals surface area (Å²) in [7, 11) is -6.95. The number of benzene rings is 2. The Bertz CT molecular complexity index is 1500. The molecule has 1 N–H and O–H groups in total. The van der Waals surface area contributed by atoms with E-state index in [1.807, 2.05) is 0 Å². The lowest BCUT2D eigenvalue weighted by molar-refractivity contribution is 0.588. The normalized spacial score (nSPS) is 12.2. The Balaban J connectivity index is 1.68. The Morgan fingerprint density at radius 3 is 2.42 bits per heavy atom. The third-order valence-electron chi connectivity index (χ3n) is 5.11. The van der Waals surface area contributed by atoms with Crippen molar-refractivity contribution < 1.29 is 21.2 Å². The maximum atomic E-state index is 14.0. The summed E-state index contributed by atoms with van der Waals surface area (Å²) in [6, 6.07) is 15.5. The highest BCUT2D eigenvalue weighted by atomic mass is 32.2. The van der Waals surface area contributed by atoms with Gasteiger partial charge in [-0.3, -0.25) is 0 Å². The van der Waals surface area contributed by atoms with Gasteiger partial charge in [-0.15, -0.1) is 0 Å². The number of hydrogen-bond acceptors (Lipinski definition) is 6. The van der Waals surface area contributed by atoms with E-state index in [2.05, 4.69) is 10.3 Å². The van der Waals surface area contributed by atoms with Gasteiger partial charge in [0.15, 0.2) is 0 Å². The van der Waals surface area contributed by atoms with Crippen LogP contribution in [0.2, 0.25) is 0 Å². The molecule has 10 heteroatoms. The van der Waals surface area contributed by atoms with E-state index in [1.165, 1.54) is 36.7 Å². The largest absolute Gasteiger partial charge is 0.370 e. The molecule has 33 heavy (non-hydrogen) atoms. The zero-order valence-corrected chi connectivity index (χ0v) is 19.4. The molecule has 0 saturated heterocycles. The first-order valence-corrected chi connectivity index (χ1v) is 13.6. The first-order chi connectivity index (χ1) is 15.6. The number of sulfone groups is 1. The lowest BCUT2D eigenvalue weighted by atomic mass is 10.1. The Labute approximate surface area is 191 Å². The van der Waals surface area contributed by atoms with Crippen molar-refractivity contribution in [1.82, 2.24) is 8.96 Å². The molecule has 0 radical (unpaired) electrons. The van der Waals surface area contributed by atoms with Crippen LogP contribution in [0.15, 0.2) is 78.0 Å². The van der Waals surface area contributed by atoms with Gasteiger partial charge in [0.2, 0.25) is 0 Å². The predicted molar refractivity (Wildman–Crippen MR) is 127 cm³/mol. The standard InChI is InChI=1S/C23H22FN3O4S2/c1-32(28,29)13-5-12-25-23-11-8-17(15-26-23)21-16-27(22-14-18(24)9-10-20(21)22)33(30,31)19-6-3-2-4-7-19/h2-4,6-11,14-16H,5,12-13H2,1H3,(H,25,26). The topological polar surface area (TPSA) is 98.1 Å². The average Bonchev–Trinajstić information content (AvgIpc) is 3.16. The van der Waals surface area contributed by atoms with Crippen LogP contribution in [0.25, 0.3) is 22.0 Å². The van der Waals surface area contributed by atoms with Crippen molar-refractivity contribution in [2.45, 2.75) is 11.3 Å². The Morgan fingerprint density at radius 1 is 1.00 bits per heavy atom. The molecule has 0 atom stereocenters. The molecular weight excluding hydrogens is 465 g/mol. The van der Waals surface area contributed by atoms with Gasteiger partial charge >= 0.3 is 0 Å². The minimum absolute atomic E-state index is 0.0873. The van der Waals surface area contributed by atoms with Crippen molar-refractivity contribution in [3.63, 3.8) is 0 Å². The minimum Gasteiger partial charge on any atom is -0.370 e. The number of nitrogens with one attached hydrogen (secondary N) is 1. The molecule has 0 bridgehead atoms. The van der Waals surface area contributed by atoms with Crippen molar-refractivity contribution >= 4 is 36.6 Å². The summed E-state index contributed by atoms with van der Waals surface area (Å²) in [5.74, 6) is 0.117. The molecule has 0 unspecified atom stereocenters. The highest BCUT2D eigenvalue weighted by Gasteiger charge is 2.22. The molecule has 0 fully saturated rings. The molecule has 2 heterocycles. The molecule has 0 aliphatic heterocycles. The van der Waals surface area contributed by atoms with Crippen molar-refractivity contribution in [3.8, 4) is 11.1 Å². The highest BCUT2D eigenvalue weighted by molar-refractivity contribution is 7.90. The lowest BCUT2D eigenvalue weighted by Gasteiger charge is -2.07. The van der Waals surface area contributed by atoms with Gasteiger partial charge in [0.1, 0.15) is 21.5 Å². The molecule has 0 amide bonds. The first kappa shape index (κ1) is 22.9. The number of halogens is 1. The van der Waals surface area contributed by atoms with E-state index in [0.717, 1.165) is 3.97 Å². The van der Waals surface area contributed by atoms with E-state index in [-0.39, 0.29) is 16.2 Å². The van der Waals surface area contributed by atoms with E-state index < -0.39 is 25.7 Å². The molecule has 7 nitrogen and oxygen atoms in total. The van der Waals surface area contributed by atoms with Crippen molar-refractivity contribution in [3.05, 3.63) is 78.9 Å². The summed E-state index contributed by atoms with van der Waals surface area (Å²) < 4.78 is 64.1. The number of aromatic nitrogens is 2. The molecule has 4 rings (SSSR count). The molecular formula is C23H22FN3O4S2. The fourth-order valence-electron chi connectivity index (χ4n) is 3.51. The number of nitrogens with zero attached hydrogens (tertiary/aromatic N) is 2. The Hall–Kier alpha value is -3.24.